The van der Waals surface area contributed by atoms with Crippen molar-refractivity contribution in [3.05, 3.63) is 66.0 Å². The van der Waals surface area contributed by atoms with E-state index in [1.54, 1.807) is 17.8 Å². The Morgan fingerprint density at radius 1 is 1.04 bits per heavy atom. The normalized spacial score (nSPS) is 15.7. The van der Waals surface area contributed by atoms with Crippen molar-refractivity contribution in [3.8, 4) is 5.69 Å². The van der Waals surface area contributed by atoms with Gasteiger partial charge in [0.2, 0.25) is 5.95 Å². The number of thioether (sulfide) groups is 1. The van der Waals surface area contributed by atoms with Crippen LogP contribution in [0.5, 0.6) is 0 Å². The van der Waals surface area contributed by atoms with Gasteiger partial charge in [-0.25, -0.2) is 4.39 Å². The van der Waals surface area contributed by atoms with E-state index in [1.807, 2.05) is 28.8 Å². The van der Waals surface area contributed by atoms with Crippen LogP contribution < -0.4 is 4.90 Å². The Balaban J connectivity index is 1.71. The highest BCUT2D eigenvalue weighted by molar-refractivity contribution is 7.99. The molecule has 2 aromatic carbocycles. The molecule has 0 spiro atoms. The first-order valence-corrected chi connectivity index (χ1v) is 9.86. The minimum Gasteiger partial charge on any atom is -0.378 e. The zero-order valence-electron chi connectivity index (χ0n) is 15.1. The average Bonchev–Trinajstić information content (AvgIpc) is 3.13. The molecule has 7 heteroatoms. The molecule has 0 radical (unpaired) electrons. The van der Waals surface area contributed by atoms with Gasteiger partial charge >= 0.3 is 0 Å². The first kappa shape index (κ1) is 18.0. The van der Waals surface area contributed by atoms with Crippen molar-refractivity contribution in [3.63, 3.8) is 0 Å². The molecular formula is C20H21FN4OS. The Bertz CT molecular complexity index is 896. The molecule has 0 aliphatic carbocycles. The Morgan fingerprint density at radius 3 is 2.56 bits per heavy atom. The third-order valence-electron chi connectivity index (χ3n) is 4.53. The summed E-state index contributed by atoms with van der Waals surface area (Å²) in [5, 5.41) is 9.81. The highest BCUT2D eigenvalue weighted by Gasteiger charge is 2.23. The molecule has 0 amide bonds. The van der Waals surface area contributed by atoms with Gasteiger partial charge in [0.05, 0.1) is 18.9 Å². The molecule has 1 aliphatic rings. The summed E-state index contributed by atoms with van der Waals surface area (Å²) in [4.78, 5) is 2.14. The molecule has 1 aromatic heterocycles. The van der Waals surface area contributed by atoms with Crippen LogP contribution >= 0.6 is 11.8 Å². The van der Waals surface area contributed by atoms with E-state index in [1.165, 1.54) is 17.7 Å². The first-order valence-electron chi connectivity index (χ1n) is 8.98. The quantitative estimate of drug-likeness (QED) is 0.620. The van der Waals surface area contributed by atoms with Crippen molar-refractivity contribution >= 4 is 17.7 Å². The largest absolute Gasteiger partial charge is 0.378 e. The van der Waals surface area contributed by atoms with Gasteiger partial charge in [-0.1, -0.05) is 48.2 Å². The third-order valence-corrected chi connectivity index (χ3v) is 5.63. The Morgan fingerprint density at radius 2 is 1.81 bits per heavy atom. The second-order valence-corrected chi connectivity index (χ2v) is 7.68. The molecule has 3 aromatic rings. The van der Waals surface area contributed by atoms with E-state index in [0.29, 0.717) is 13.2 Å². The second kappa shape index (κ2) is 8.10. The molecule has 4 rings (SSSR count). The molecular weight excluding hydrogens is 363 g/mol. The predicted molar refractivity (Wildman–Crippen MR) is 105 cm³/mol. The summed E-state index contributed by atoms with van der Waals surface area (Å²) < 4.78 is 21.3. The van der Waals surface area contributed by atoms with Gasteiger partial charge in [0.25, 0.3) is 0 Å². The minimum atomic E-state index is -0.277. The Labute approximate surface area is 162 Å². The van der Waals surface area contributed by atoms with Gasteiger partial charge in [-0.2, -0.15) is 0 Å². The second-order valence-electron chi connectivity index (χ2n) is 6.37. The lowest BCUT2D eigenvalue weighted by Crippen LogP contribution is -2.37. The zero-order chi connectivity index (χ0) is 18.6. The Hall–Kier alpha value is -2.38. The average molecular weight is 384 g/mol. The fourth-order valence-electron chi connectivity index (χ4n) is 3.10. The fourth-order valence-corrected chi connectivity index (χ4v) is 4.09. The van der Waals surface area contributed by atoms with E-state index in [-0.39, 0.29) is 11.1 Å². The number of hydrogen-bond acceptors (Lipinski definition) is 5. The molecule has 27 heavy (non-hydrogen) atoms. The molecule has 1 aliphatic heterocycles. The van der Waals surface area contributed by atoms with Crippen LogP contribution in [0.2, 0.25) is 0 Å². The smallest absolute Gasteiger partial charge is 0.232 e. The van der Waals surface area contributed by atoms with Crippen LogP contribution in [0.25, 0.3) is 5.69 Å². The summed E-state index contributed by atoms with van der Waals surface area (Å²) in [7, 11) is 0. The van der Waals surface area contributed by atoms with Gasteiger partial charge in [0.15, 0.2) is 5.16 Å². The number of halogens is 1. The Kier molecular flexibility index (Phi) is 5.40. The van der Waals surface area contributed by atoms with Crippen LogP contribution in [-0.4, -0.2) is 41.1 Å². The molecule has 0 saturated carbocycles. The van der Waals surface area contributed by atoms with E-state index in [2.05, 4.69) is 34.2 Å². The maximum atomic E-state index is 13.9. The van der Waals surface area contributed by atoms with Crippen LogP contribution in [0.4, 0.5) is 10.3 Å². The number of ether oxygens (including phenoxy) is 1. The minimum absolute atomic E-state index is 0.195. The topological polar surface area (TPSA) is 43.2 Å². The molecule has 2 heterocycles. The number of anilines is 1. The molecule has 1 fully saturated rings. The molecule has 5 nitrogen and oxygen atoms in total. The summed E-state index contributed by atoms with van der Waals surface area (Å²) in [5.74, 6) is 0.452. The third kappa shape index (κ3) is 3.99. The predicted octanol–water partition coefficient (Wildman–Crippen LogP) is 4.10. The number of hydrogen-bond donors (Lipinski definition) is 0. The highest BCUT2D eigenvalue weighted by Crippen LogP contribution is 2.36. The number of benzene rings is 2. The van der Waals surface area contributed by atoms with Crippen molar-refractivity contribution in [2.75, 3.05) is 31.2 Å². The van der Waals surface area contributed by atoms with Crippen LogP contribution in [0.3, 0.4) is 0 Å². The maximum Gasteiger partial charge on any atom is 0.232 e. The molecule has 1 saturated heterocycles. The van der Waals surface area contributed by atoms with Gasteiger partial charge in [-0.15, -0.1) is 10.2 Å². The van der Waals surface area contributed by atoms with Gasteiger partial charge < -0.3 is 9.64 Å². The van der Waals surface area contributed by atoms with Crippen LogP contribution in [0.1, 0.15) is 17.7 Å². The molecule has 0 bridgehead atoms. The fraction of sp³-hybridized carbons (Fsp3) is 0.300. The van der Waals surface area contributed by atoms with Crippen molar-refractivity contribution in [1.82, 2.24) is 14.8 Å². The summed E-state index contributed by atoms with van der Waals surface area (Å²) >= 11 is 1.62. The molecule has 0 N–H and O–H groups in total. The number of morpholine rings is 1. The number of rotatable bonds is 5. The van der Waals surface area contributed by atoms with Crippen molar-refractivity contribution in [2.45, 2.75) is 17.3 Å². The summed E-state index contributed by atoms with van der Waals surface area (Å²) in [6.07, 6.45) is 0. The standard InChI is InChI=1S/C20H21FN4OS/c1-15(16-6-3-2-4-7-16)27-20-23-22-19(24-10-12-26-13-11-24)25(20)18-9-5-8-17(21)14-18/h2-9,14-15H,10-13H2,1H3/t15-/m0/s1. The van der Waals surface area contributed by atoms with Crippen LogP contribution in [0, 0.1) is 5.82 Å². The summed E-state index contributed by atoms with van der Waals surface area (Å²) in [6.45, 7) is 4.93. The lowest BCUT2D eigenvalue weighted by molar-refractivity contribution is 0.122. The SMILES string of the molecule is C[C@H](Sc1nnc(N2CCOCC2)n1-c1cccc(F)c1)c1ccccc1. The lowest BCUT2D eigenvalue weighted by Gasteiger charge is -2.28. The van der Waals surface area contributed by atoms with E-state index < -0.39 is 0 Å². The number of aromatic nitrogens is 3. The summed E-state index contributed by atoms with van der Waals surface area (Å²) in [6, 6.07) is 16.8. The van der Waals surface area contributed by atoms with Gasteiger partial charge in [0.1, 0.15) is 5.82 Å². The molecule has 1 atom stereocenters. The van der Waals surface area contributed by atoms with E-state index >= 15 is 0 Å². The summed E-state index contributed by atoms with van der Waals surface area (Å²) in [5.41, 5.74) is 1.94. The monoisotopic (exact) mass is 384 g/mol. The maximum absolute atomic E-state index is 13.9. The first-order chi connectivity index (χ1) is 13.2. The van der Waals surface area contributed by atoms with Crippen LogP contribution in [-0.2, 0) is 4.74 Å². The molecule has 0 unspecified atom stereocenters. The highest BCUT2D eigenvalue weighted by atomic mass is 32.2. The van der Waals surface area contributed by atoms with E-state index in [0.717, 1.165) is 29.9 Å². The lowest BCUT2D eigenvalue weighted by atomic mass is 10.2. The van der Waals surface area contributed by atoms with Crippen molar-refractivity contribution < 1.29 is 9.13 Å². The van der Waals surface area contributed by atoms with E-state index in [4.69, 9.17) is 4.74 Å². The van der Waals surface area contributed by atoms with Gasteiger partial charge in [-0.3, -0.25) is 4.57 Å². The van der Waals surface area contributed by atoms with Crippen LogP contribution in [0.15, 0.2) is 59.8 Å². The zero-order valence-corrected chi connectivity index (χ0v) is 15.9. The van der Waals surface area contributed by atoms with Gasteiger partial charge in [-0.05, 0) is 30.7 Å². The van der Waals surface area contributed by atoms with E-state index in [9.17, 15) is 4.39 Å². The van der Waals surface area contributed by atoms with Crippen molar-refractivity contribution in [1.29, 1.82) is 0 Å². The molecule has 140 valence electrons. The number of nitrogens with zero attached hydrogens (tertiary/aromatic N) is 4. The van der Waals surface area contributed by atoms with Gasteiger partial charge in [0, 0.05) is 18.3 Å². The van der Waals surface area contributed by atoms with Crippen molar-refractivity contribution in [2.24, 2.45) is 0 Å².